The summed E-state index contributed by atoms with van der Waals surface area (Å²) in [7, 11) is 3.48. The molecule has 1 N–H and O–H groups in total. The Morgan fingerprint density at radius 2 is 1.34 bits per heavy atom. The van der Waals surface area contributed by atoms with E-state index in [0.717, 1.165) is 50.6 Å². The van der Waals surface area contributed by atoms with E-state index in [0.29, 0.717) is 22.9 Å². The van der Waals surface area contributed by atoms with Crippen LogP contribution >= 0.6 is 11.3 Å². The van der Waals surface area contributed by atoms with Gasteiger partial charge in [0.05, 0.1) is 12.0 Å². The Morgan fingerprint density at radius 1 is 0.766 bits per heavy atom. The van der Waals surface area contributed by atoms with Crippen molar-refractivity contribution in [3.63, 3.8) is 0 Å². The molecule has 0 bridgehead atoms. The Kier molecular flexibility index (Phi) is 8.05. The minimum Gasteiger partial charge on any atom is -0.494 e. The van der Waals surface area contributed by atoms with Crippen LogP contribution in [-0.2, 0) is 25.6 Å². The van der Waals surface area contributed by atoms with Gasteiger partial charge in [0.1, 0.15) is 29.2 Å². The Labute approximate surface area is 275 Å². The van der Waals surface area contributed by atoms with Crippen LogP contribution in [0.15, 0.2) is 132 Å². The Balaban J connectivity index is 1.20. The fourth-order valence-corrected chi connectivity index (χ4v) is 7.06. The summed E-state index contributed by atoms with van der Waals surface area (Å²) in [5, 5.41) is 11.9. The van der Waals surface area contributed by atoms with Crippen molar-refractivity contribution in [2.45, 2.75) is 18.6 Å². The molecule has 234 valence electrons. The molecule has 0 aliphatic heterocycles. The van der Waals surface area contributed by atoms with Gasteiger partial charge in [0.2, 0.25) is 11.8 Å². The third-order valence-corrected chi connectivity index (χ3v) is 9.34. The van der Waals surface area contributed by atoms with E-state index in [4.69, 9.17) is 9.47 Å². The largest absolute Gasteiger partial charge is 0.494 e. The van der Waals surface area contributed by atoms with Crippen molar-refractivity contribution < 1.29 is 14.6 Å². The third kappa shape index (κ3) is 5.44. The number of ether oxygens (including phenoxy) is 2. The highest BCUT2D eigenvalue weighted by Crippen LogP contribution is 2.43. The summed E-state index contributed by atoms with van der Waals surface area (Å²) in [4.78, 5) is 23.5. The van der Waals surface area contributed by atoms with Gasteiger partial charge in [-0.15, -0.1) is 0 Å². The lowest BCUT2D eigenvalue weighted by Gasteiger charge is -2.37. The molecule has 3 aromatic heterocycles. The van der Waals surface area contributed by atoms with Gasteiger partial charge in [-0.25, -0.2) is 4.98 Å². The van der Waals surface area contributed by atoms with E-state index in [9.17, 15) is 9.90 Å². The number of hydrogen-bond acceptors (Lipinski definition) is 7. The molecular weight excluding hydrogens is 609 g/mol. The monoisotopic (exact) mass is 640 g/mol. The number of aromatic hydroxyl groups is 1. The molecule has 0 amide bonds. The first-order chi connectivity index (χ1) is 23.0. The topological polar surface area (TPSA) is 91.4 Å². The van der Waals surface area contributed by atoms with E-state index < -0.39 is 5.54 Å². The maximum absolute atomic E-state index is 14.0. The smallest absolute Gasteiger partial charge is 0.311 e. The number of pyridine rings is 1. The number of benzene rings is 4. The van der Waals surface area contributed by atoms with Crippen LogP contribution in [0.3, 0.4) is 0 Å². The van der Waals surface area contributed by atoms with Gasteiger partial charge in [-0.05, 0) is 40.5 Å². The molecular formula is C38H32N4O4S. The number of aryl methyl sites for hydroxylation is 1. The van der Waals surface area contributed by atoms with Crippen LogP contribution in [0.4, 0.5) is 0 Å². The Morgan fingerprint density at radius 3 is 1.89 bits per heavy atom. The Hall–Kier alpha value is -5.67. The zero-order valence-corrected chi connectivity index (χ0v) is 26.7. The predicted molar refractivity (Wildman–Crippen MR) is 183 cm³/mol. The summed E-state index contributed by atoms with van der Waals surface area (Å²) in [6, 6.07) is 40.9. The van der Waals surface area contributed by atoms with Gasteiger partial charge in [-0.2, -0.15) is 4.98 Å². The van der Waals surface area contributed by atoms with Gasteiger partial charge in [0.25, 0.3) is 0 Å². The van der Waals surface area contributed by atoms with E-state index in [-0.39, 0.29) is 17.4 Å². The van der Waals surface area contributed by atoms with E-state index in [1.807, 2.05) is 133 Å². The SMILES string of the molecule is COc1ccc2nc(COc3ccc(Cc4sc(=O)n(C(c5ccccc5)(c5ccccc5)c5ccccc5)c4O)cc3)n(C)c2n1. The highest BCUT2D eigenvalue weighted by atomic mass is 32.1. The van der Waals surface area contributed by atoms with Crippen LogP contribution in [0.25, 0.3) is 11.2 Å². The molecule has 0 spiro atoms. The standard InChI is InChI=1S/C38H32N4O4S/c1-41-33(39-31-22-23-34(45-2)40-35(31)41)25-46-30-20-18-26(19-21-30)24-32-36(43)42(37(44)47-32)38(27-12-6-3-7-13-27,28-14-8-4-9-15-28)29-16-10-5-11-17-29/h3-23,43H,24-25H2,1-2H3. The van der Waals surface area contributed by atoms with Gasteiger partial charge in [0, 0.05) is 19.5 Å². The molecule has 7 rings (SSSR count). The second-order valence-corrected chi connectivity index (χ2v) is 12.2. The van der Waals surface area contributed by atoms with Crippen LogP contribution < -0.4 is 14.3 Å². The highest BCUT2D eigenvalue weighted by Gasteiger charge is 2.42. The van der Waals surface area contributed by atoms with Crippen LogP contribution in [0.2, 0.25) is 0 Å². The number of methoxy groups -OCH3 is 1. The second kappa shape index (κ2) is 12.6. The van der Waals surface area contributed by atoms with Crippen LogP contribution in [0.1, 0.15) is 33.0 Å². The third-order valence-electron chi connectivity index (χ3n) is 8.41. The van der Waals surface area contributed by atoms with Crippen LogP contribution in [0, 0.1) is 0 Å². The molecule has 3 heterocycles. The molecule has 0 fully saturated rings. The lowest BCUT2D eigenvalue weighted by Crippen LogP contribution is -2.42. The minimum atomic E-state index is -1.09. The molecule has 8 nitrogen and oxygen atoms in total. The molecule has 0 saturated heterocycles. The van der Waals surface area contributed by atoms with Gasteiger partial charge in [0.15, 0.2) is 5.65 Å². The average molecular weight is 641 g/mol. The first-order valence-corrected chi connectivity index (χ1v) is 16.0. The van der Waals surface area contributed by atoms with E-state index in [2.05, 4.69) is 9.97 Å². The van der Waals surface area contributed by atoms with Gasteiger partial charge < -0.3 is 19.1 Å². The van der Waals surface area contributed by atoms with Gasteiger partial charge >= 0.3 is 4.87 Å². The normalized spacial score (nSPS) is 11.5. The predicted octanol–water partition coefficient (Wildman–Crippen LogP) is 6.92. The summed E-state index contributed by atoms with van der Waals surface area (Å²) >= 11 is 1.06. The lowest BCUT2D eigenvalue weighted by atomic mass is 9.76. The number of imidazole rings is 1. The zero-order valence-electron chi connectivity index (χ0n) is 25.9. The number of nitrogens with zero attached hydrogens (tertiary/aromatic N) is 4. The van der Waals surface area contributed by atoms with Crippen molar-refractivity contribution in [3.05, 3.63) is 170 Å². The van der Waals surface area contributed by atoms with Crippen LogP contribution in [0.5, 0.6) is 17.5 Å². The minimum absolute atomic E-state index is 0.0519. The van der Waals surface area contributed by atoms with Crippen LogP contribution in [-0.4, -0.2) is 31.3 Å². The summed E-state index contributed by atoms with van der Waals surface area (Å²) < 4.78 is 14.7. The van der Waals surface area contributed by atoms with E-state index >= 15 is 0 Å². The fourth-order valence-electron chi connectivity index (χ4n) is 6.12. The number of rotatable bonds is 10. The molecule has 7 aromatic rings. The quantitative estimate of drug-likeness (QED) is 0.163. The average Bonchev–Trinajstić information content (AvgIpc) is 3.59. The van der Waals surface area contributed by atoms with Gasteiger partial charge in [-0.1, -0.05) is 114 Å². The van der Waals surface area contributed by atoms with E-state index in [1.165, 1.54) is 0 Å². The first kappa shape index (κ1) is 30.0. The second-order valence-electron chi connectivity index (χ2n) is 11.2. The van der Waals surface area contributed by atoms with Crippen molar-refractivity contribution in [2.75, 3.05) is 7.11 Å². The number of hydrogen-bond donors (Lipinski definition) is 1. The molecule has 0 saturated carbocycles. The molecule has 0 radical (unpaired) electrons. The molecule has 0 aliphatic rings. The van der Waals surface area contributed by atoms with Crippen molar-refractivity contribution >= 4 is 22.5 Å². The van der Waals surface area contributed by atoms with Crippen molar-refractivity contribution in [2.24, 2.45) is 7.05 Å². The Bertz CT molecular complexity index is 2100. The van der Waals surface area contributed by atoms with Crippen molar-refractivity contribution in [1.82, 2.24) is 19.1 Å². The number of fused-ring (bicyclic) bond motifs is 1. The van der Waals surface area contributed by atoms with Gasteiger partial charge in [-0.3, -0.25) is 9.36 Å². The molecule has 9 heteroatoms. The maximum atomic E-state index is 14.0. The lowest BCUT2D eigenvalue weighted by molar-refractivity contribution is 0.292. The molecule has 47 heavy (non-hydrogen) atoms. The fraction of sp³-hybridized carbons (Fsp3) is 0.132. The molecule has 0 unspecified atom stereocenters. The summed E-state index contributed by atoms with van der Waals surface area (Å²) in [5.74, 6) is 1.89. The number of thiazole rings is 1. The summed E-state index contributed by atoms with van der Waals surface area (Å²) in [5.41, 5.74) is 3.95. The maximum Gasteiger partial charge on any atom is 0.311 e. The summed E-state index contributed by atoms with van der Waals surface area (Å²) in [6.45, 7) is 0.264. The van der Waals surface area contributed by atoms with Crippen molar-refractivity contribution in [3.8, 4) is 17.5 Å². The highest BCUT2D eigenvalue weighted by molar-refractivity contribution is 7.09. The first-order valence-electron chi connectivity index (χ1n) is 15.2. The van der Waals surface area contributed by atoms with Crippen molar-refractivity contribution in [1.29, 1.82) is 0 Å². The molecule has 0 atom stereocenters. The van der Waals surface area contributed by atoms with E-state index in [1.54, 1.807) is 17.7 Å². The number of aromatic nitrogens is 4. The zero-order chi connectivity index (χ0) is 32.4. The molecule has 4 aromatic carbocycles. The molecule has 0 aliphatic carbocycles. The summed E-state index contributed by atoms with van der Waals surface area (Å²) in [6.07, 6.45) is 0.381.